The Balaban J connectivity index is 1.33. The Morgan fingerprint density at radius 3 is 2.61 bits per heavy atom. The zero-order valence-electron chi connectivity index (χ0n) is 19.3. The number of hydrazone groups is 1. The number of amidine groups is 1. The lowest BCUT2D eigenvalue weighted by Gasteiger charge is -2.23. The zero-order valence-corrected chi connectivity index (χ0v) is 20.9. The molecular formula is C27H22ClFN4O2S. The molecule has 2 atom stereocenters. The molecule has 0 aromatic heterocycles. The van der Waals surface area contributed by atoms with Gasteiger partial charge in [0.15, 0.2) is 5.17 Å². The lowest BCUT2D eigenvalue weighted by molar-refractivity contribution is -0.121. The van der Waals surface area contributed by atoms with Crippen molar-refractivity contribution in [3.8, 4) is 0 Å². The van der Waals surface area contributed by atoms with E-state index in [2.05, 4.69) is 10.3 Å². The molecule has 0 aliphatic carbocycles. The molecule has 2 heterocycles. The Kier molecular flexibility index (Phi) is 6.89. The van der Waals surface area contributed by atoms with Gasteiger partial charge in [-0.25, -0.2) is 9.40 Å². The number of carbonyl (C=O) groups excluding carboxylic acids is 2. The quantitative estimate of drug-likeness (QED) is 0.450. The van der Waals surface area contributed by atoms with E-state index in [0.29, 0.717) is 27.9 Å². The number of benzene rings is 3. The van der Waals surface area contributed by atoms with E-state index in [-0.39, 0.29) is 30.1 Å². The van der Waals surface area contributed by atoms with Crippen LogP contribution in [0.5, 0.6) is 0 Å². The third-order valence-corrected chi connectivity index (χ3v) is 7.40. The SMILES string of the molecule is Cc1cc(NC(=O)CC2SC(N3N=C(c4ccc(Cl)cc4)CC3c3ccccc3)=NC2=O)ccc1F. The van der Waals surface area contributed by atoms with Gasteiger partial charge in [0.2, 0.25) is 5.91 Å². The summed E-state index contributed by atoms with van der Waals surface area (Å²) in [4.78, 5) is 29.6. The molecule has 36 heavy (non-hydrogen) atoms. The molecule has 2 unspecified atom stereocenters. The van der Waals surface area contributed by atoms with Crippen LogP contribution in [0.15, 0.2) is 82.9 Å². The second kappa shape index (κ2) is 10.2. The predicted octanol–water partition coefficient (Wildman–Crippen LogP) is 5.97. The highest BCUT2D eigenvalue weighted by atomic mass is 35.5. The molecule has 0 saturated carbocycles. The Morgan fingerprint density at radius 1 is 1.14 bits per heavy atom. The Hall–Kier alpha value is -3.49. The van der Waals surface area contributed by atoms with Crippen molar-refractivity contribution in [2.75, 3.05) is 5.32 Å². The van der Waals surface area contributed by atoms with Crippen LogP contribution >= 0.6 is 23.4 Å². The van der Waals surface area contributed by atoms with Gasteiger partial charge in [-0.2, -0.15) is 10.1 Å². The van der Waals surface area contributed by atoms with E-state index in [9.17, 15) is 14.0 Å². The van der Waals surface area contributed by atoms with Gasteiger partial charge < -0.3 is 5.32 Å². The summed E-state index contributed by atoms with van der Waals surface area (Å²) in [5.41, 5.74) is 3.78. The number of carbonyl (C=O) groups is 2. The first-order chi connectivity index (χ1) is 17.4. The van der Waals surface area contributed by atoms with Crippen molar-refractivity contribution in [3.63, 3.8) is 0 Å². The van der Waals surface area contributed by atoms with Crippen LogP contribution in [0.25, 0.3) is 0 Å². The maximum absolute atomic E-state index is 13.5. The molecule has 2 aliphatic rings. The van der Waals surface area contributed by atoms with E-state index in [4.69, 9.17) is 16.7 Å². The van der Waals surface area contributed by atoms with E-state index < -0.39 is 5.25 Å². The third-order valence-electron chi connectivity index (χ3n) is 6.01. The predicted molar refractivity (Wildman–Crippen MR) is 142 cm³/mol. The smallest absolute Gasteiger partial charge is 0.262 e. The fraction of sp³-hybridized carbons (Fsp3) is 0.185. The van der Waals surface area contributed by atoms with Gasteiger partial charge in [0.1, 0.15) is 11.1 Å². The zero-order chi connectivity index (χ0) is 25.2. The average molecular weight is 521 g/mol. The largest absolute Gasteiger partial charge is 0.326 e. The maximum Gasteiger partial charge on any atom is 0.262 e. The van der Waals surface area contributed by atoms with E-state index in [1.165, 1.54) is 23.9 Å². The Labute approximate surface area is 217 Å². The molecule has 3 aromatic carbocycles. The van der Waals surface area contributed by atoms with Crippen molar-refractivity contribution in [2.24, 2.45) is 10.1 Å². The number of halogens is 2. The van der Waals surface area contributed by atoms with Crippen molar-refractivity contribution in [2.45, 2.75) is 31.1 Å². The van der Waals surface area contributed by atoms with Crippen molar-refractivity contribution in [1.29, 1.82) is 0 Å². The number of nitrogens with zero attached hydrogens (tertiary/aromatic N) is 3. The monoisotopic (exact) mass is 520 g/mol. The van der Waals surface area contributed by atoms with Gasteiger partial charge in [0.25, 0.3) is 5.91 Å². The number of amides is 2. The molecule has 182 valence electrons. The molecule has 0 spiro atoms. The topological polar surface area (TPSA) is 74.1 Å². The molecular weight excluding hydrogens is 499 g/mol. The van der Waals surface area contributed by atoms with Crippen LogP contribution in [-0.4, -0.2) is 33.0 Å². The summed E-state index contributed by atoms with van der Waals surface area (Å²) in [6, 6.07) is 21.6. The summed E-state index contributed by atoms with van der Waals surface area (Å²) >= 11 is 7.29. The number of rotatable bonds is 5. The number of hydrogen-bond acceptors (Lipinski definition) is 5. The number of aliphatic imine (C=N–C) groups is 1. The van der Waals surface area contributed by atoms with Crippen molar-refractivity contribution < 1.29 is 14.0 Å². The summed E-state index contributed by atoms with van der Waals surface area (Å²) in [6.45, 7) is 1.62. The van der Waals surface area contributed by atoms with Gasteiger partial charge in [-0.1, -0.05) is 65.8 Å². The van der Waals surface area contributed by atoms with Crippen LogP contribution < -0.4 is 5.32 Å². The van der Waals surface area contributed by atoms with Gasteiger partial charge >= 0.3 is 0 Å². The number of thioether (sulfide) groups is 1. The molecule has 2 amide bonds. The van der Waals surface area contributed by atoms with E-state index in [1.54, 1.807) is 18.0 Å². The second-order valence-electron chi connectivity index (χ2n) is 8.58. The van der Waals surface area contributed by atoms with Crippen LogP contribution in [0.1, 0.15) is 35.6 Å². The van der Waals surface area contributed by atoms with Crippen molar-refractivity contribution >= 4 is 51.7 Å². The highest BCUT2D eigenvalue weighted by Gasteiger charge is 2.39. The third kappa shape index (κ3) is 5.20. The lowest BCUT2D eigenvalue weighted by atomic mass is 9.99. The molecule has 9 heteroatoms. The molecule has 6 nitrogen and oxygen atoms in total. The molecule has 0 radical (unpaired) electrons. The highest BCUT2D eigenvalue weighted by Crippen LogP contribution is 2.38. The number of anilines is 1. The highest BCUT2D eigenvalue weighted by molar-refractivity contribution is 8.15. The van der Waals surface area contributed by atoms with E-state index in [0.717, 1.165) is 16.8 Å². The van der Waals surface area contributed by atoms with Gasteiger partial charge in [-0.15, -0.1) is 0 Å². The lowest BCUT2D eigenvalue weighted by Crippen LogP contribution is -2.25. The first-order valence-corrected chi connectivity index (χ1v) is 12.7. The minimum Gasteiger partial charge on any atom is -0.326 e. The number of aryl methyl sites for hydroxylation is 1. The summed E-state index contributed by atoms with van der Waals surface area (Å²) in [6.07, 6.45) is 0.582. The second-order valence-corrected chi connectivity index (χ2v) is 10.2. The Bertz CT molecular complexity index is 1380. The molecule has 3 aromatic rings. The molecule has 2 aliphatic heterocycles. The van der Waals surface area contributed by atoms with Crippen molar-refractivity contribution in [3.05, 3.63) is 100 Å². The van der Waals surface area contributed by atoms with Crippen LogP contribution in [0, 0.1) is 12.7 Å². The standard InChI is InChI=1S/C27H22ClFN4O2S/c1-16-13-20(11-12-21(16)29)30-25(34)15-24-26(35)31-27(36-24)33-23(18-5-3-2-4-6-18)14-22(32-33)17-7-9-19(28)10-8-17/h2-13,23-24H,14-15H2,1H3,(H,30,34). The van der Waals surface area contributed by atoms with Crippen LogP contribution in [0.3, 0.4) is 0 Å². The summed E-state index contributed by atoms with van der Waals surface area (Å²) in [5.74, 6) is -1.05. The van der Waals surface area contributed by atoms with Gasteiger partial charge in [-0.05, 0) is 53.9 Å². The van der Waals surface area contributed by atoms with Crippen molar-refractivity contribution in [1.82, 2.24) is 5.01 Å². The summed E-state index contributed by atoms with van der Waals surface area (Å²) in [5, 5.41) is 9.80. The van der Waals surface area contributed by atoms with E-state index in [1.807, 2.05) is 54.6 Å². The number of nitrogens with one attached hydrogen (secondary N) is 1. The average Bonchev–Trinajstić information content (AvgIpc) is 3.46. The Morgan fingerprint density at radius 2 is 1.89 bits per heavy atom. The normalized spacial score (nSPS) is 19.3. The molecule has 0 fully saturated rings. The first kappa shape index (κ1) is 24.2. The summed E-state index contributed by atoms with van der Waals surface area (Å²) < 4.78 is 13.5. The molecule has 0 bridgehead atoms. The molecule has 1 N–H and O–H groups in total. The van der Waals surface area contributed by atoms with Crippen LogP contribution in [0.2, 0.25) is 5.02 Å². The van der Waals surface area contributed by atoms with Crippen LogP contribution in [0.4, 0.5) is 10.1 Å². The number of hydrogen-bond donors (Lipinski definition) is 1. The first-order valence-electron chi connectivity index (χ1n) is 11.4. The fourth-order valence-corrected chi connectivity index (χ4v) is 5.33. The minimum atomic E-state index is -0.659. The maximum atomic E-state index is 13.5. The van der Waals surface area contributed by atoms with Gasteiger partial charge in [-0.3, -0.25) is 9.59 Å². The van der Waals surface area contributed by atoms with E-state index >= 15 is 0 Å². The molecule has 0 saturated heterocycles. The van der Waals surface area contributed by atoms with Gasteiger partial charge in [0, 0.05) is 23.6 Å². The van der Waals surface area contributed by atoms with Crippen LogP contribution in [-0.2, 0) is 9.59 Å². The minimum absolute atomic E-state index is 0.0511. The fourth-order valence-electron chi connectivity index (χ4n) is 4.15. The molecule has 5 rings (SSSR count). The van der Waals surface area contributed by atoms with Gasteiger partial charge in [0.05, 0.1) is 11.8 Å². The summed E-state index contributed by atoms with van der Waals surface area (Å²) in [7, 11) is 0.